The van der Waals surface area contributed by atoms with Crippen molar-refractivity contribution in [1.29, 1.82) is 5.26 Å². The van der Waals surface area contributed by atoms with Crippen molar-refractivity contribution < 1.29 is 17.2 Å². The van der Waals surface area contributed by atoms with E-state index in [0.29, 0.717) is 11.4 Å². The Bertz CT molecular complexity index is 1160. The quantitative estimate of drug-likeness (QED) is 0.534. The molecular formula is C24H28F2N4O2S. The lowest BCUT2D eigenvalue weighted by molar-refractivity contribution is 0.446. The van der Waals surface area contributed by atoms with Crippen LogP contribution >= 0.6 is 0 Å². The summed E-state index contributed by atoms with van der Waals surface area (Å²) < 4.78 is 56.8. The van der Waals surface area contributed by atoms with E-state index in [4.69, 9.17) is 5.26 Å². The standard InChI is InChI=1S/C24H28F2N4O2S/c1-15(30-24(28-3)9-10-27)19-13-20(25)18(11-21(19)26)12-22-16(2)29-14-23(33(22,31)32)17-7-5-4-6-8-17/h4-9,11,13,15-16,22-23,28-30H,12,14H2,1-3H3/t15?,16-,22?,23-/m0/s1. The Hall–Kier alpha value is -2.96. The number of hydrogen-bond acceptors (Lipinski definition) is 6. The molecule has 0 spiro atoms. The molecule has 2 aromatic rings. The number of hydrogen-bond donors (Lipinski definition) is 3. The first kappa shape index (κ1) is 24.7. The molecule has 1 aliphatic heterocycles. The third kappa shape index (κ3) is 5.34. The van der Waals surface area contributed by atoms with Gasteiger partial charge < -0.3 is 16.0 Å². The van der Waals surface area contributed by atoms with E-state index in [-0.39, 0.29) is 24.1 Å². The number of halogens is 2. The van der Waals surface area contributed by atoms with Gasteiger partial charge in [-0.2, -0.15) is 5.26 Å². The van der Waals surface area contributed by atoms with Gasteiger partial charge in [0.15, 0.2) is 9.84 Å². The highest BCUT2D eigenvalue weighted by Gasteiger charge is 2.42. The zero-order chi connectivity index (χ0) is 24.2. The topological polar surface area (TPSA) is 94.0 Å². The molecule has 3 rings (SSSR count). The first-order chi connectivity index (χ1) is 15.7. The second-order valence-corrected chi connectivity index (χ2v) is 10.5. The van der Waals surface area contributed by atoms with Gasteiger partial charge in [0.25, 0.3) is 0 Å². The first-order valence-electron chi connectivity index (χ1n) is 10.7. The van der Waals surface area contributed by atoms with Gasteiger partial charge in [-0.1, -0.05) is 30.3 Å². The third-order valence-corrected chi connectivity index (χ3v) is 8.73. The van der Waals surface area contributed by atoms with Gasteiger partial charge >= 0.3 is 0 Å². The lowest BCUT2D eigenvalue weighted by atomic mass is 9.99. The van der Waals surface area contributed by atoms with Crippen molar-refractivity contribution in [3.63, 3.8) is 0 Å². The second-order valence-electron chi connectivity index (χ2n) is 8.20. The summed E-state index contributed by atoms with van der Waals surface area (Å²) in [5.41, 5.74) is 0.769. The minimum atomic E-state index is -3.66. The molecule has 2 unspecified atom stereocenters. The summed E-state index contributed by atoms with van der Waals surface area (Å²) in [5, 5.41) is 16.1. The highest BCUT2D eigenvalue weighted by Crippen LogP contribution is 2.33. The minimum Gasteiger partial charge on any atom is -0.374 e. The summed E-state index contributed by atoms with van der Waals surface area (Å²) >= 11 is 0. The van der Waals surface area contributed by atoms with Gasteiger partial charge in [0.05, 0.1) is 28.7 Å². The van der Waals surface area contributed by atoms with Crippen LogP contribution in [0.3, 0.4) is 0 Å². The fraction of sp³-hybridized carbons (Fsp3) is 0.375. The van der Waals surface area contributed by atoms with Crippen molar-refractivity contribution in [3.8, 4) is 6.07 Å². The molecule has 0 saturated carbocycles. The highest BCUT2D eigenvalue weighted by molar-refractivity contribution is 7.92. The molecule has 0 aliphatic carbocycles. The molecule has 6 nitrogen and oxygen atoms in total. The largest absolute Gasteiger partial charge is 0.374 e. The molecule has 0 radical (unpaired) electrons. The van der Waals surface area contributed by atoms with E-state index in [9.17, 15) is 12.8 Å². The van der Waals surface area contributed by atoms with E-state index in [1.54, 1.807) is 45.2 Å². The third-order valence-electron chi connectivity index (χ3n) is 6.08. The lowest BCUT2D eigenvalue weighted by Gasteiger charge is -2.35. The molecule has 4 atom stereocenters. The van der Waals surface area contributed by atoms with E-state index >= 15 is 4.39 Å². The van der Waals surface area contributed by atoms with Crippen molar-refractivity contribution in [3.05, 3.63) is 82.7 Å². The SMILES string of the molecule is CNC(=CC#N)NC(C)c1cc(F)c(CC2[C@H](C)NC[C@@H](c3ccccc3)S2(=O)=O)cc1F. The zero-order valence-electron chi connectivity index (χ0n) is 18.8. The Morgan fingerprint density at radius 2 is 1.97 bits per heavy atom. The average molecular weight is 475 g/mol. The number of allylic oxidation sites excluding steroid dienone is 1. The van der Waals surface area contributed by atoms with Gasteiger partial charge in [-0.05, 0) is 43.5 Å². The van der Waals surface area contributed by atoms with Crippen LogP contribution in [0.1, 0.15) is 41.8 Å². The maximum atomic E-state index is 15.0. The van der Waals surface area contributed by atoms with Crippen LogP contribution < -0.4 is 16.0 Å². The van der Waals surface area contributed by atoms with E-state index in [1.165, 1.54) is 6.08 Å². The molecule has 1 aliphatic rings. The Morgan fingerprint density at radius 3 is 2.61 bits per heavy atom. The molecule has 33 heavy (non-hydrogen) atoms. The summed E-state index contributed by atoms with van der Waals surface area (Å²) in [5.74, 6) is -0.944. The summed E-state index contributed by atoms with van der Waals surface area (Å²) in [4.78, 5) is 0. The molecule has 0 amide bonds. The number of sulfone groups is 1. The van der Waals surface area contributed by atoms with Gasteiger partial charge in [-0.25, -0.2) is 17.2 Å². The highest BCUT2D eigenvalue weighted by atomic mass is 32.2. The van der Waals surface area contributed by atoms with Gasteiger partial charge in [-0.3, -0.25) is 0 Å². The molecular weight excluding hydrogens is 446 g/mol. The Labute approximate surface area is 193 Å². The summed E-state index contributed by atoms with van der Waals surface area (Å²) in [6.45, 7) is 3.66. The maximum Gasteiger partial charge on any atom is 0.163 e. The molecule has 1 fully saturated rings. The van der Waals surface area contributed by atoms with Crippen LogP contribution in [0.5, 0.6) is 0 Å². The van der Waals surface area contributed by atoms with E-state index in [1.807, 2.05) is 12.1 Å². The van der Waals surface area contributed by atoms with E-state index in [0.717, 1.165) is 12.1 Å². The second kappa shape index (κ2) is 10.3. The van der Waals surface area contributed by atoms with Crippen molar-refractivity contribution >= 4 is 9.84 Å². The predicted octanol–water partition coefficient (Wildman–Crippen LogP) is 3.26. The van der Waals surface area contributed by atoms with Crippen LogP contribution in [0, 0.1) is 23.0 Å². The molecule has 1 saturated heterocycles. The lowest BCUT2D eigenvalue weighted by Crippen LogP contribution is -2.53. The molecule has 0 bridgehead atoms. The smallest absolute Gasteiger partial charge is 0.163 e. The normalized spacial score (nSPS) is 23.4. The Morgan fingerprint density at radius 1 is 1.27 bits per heavy atom. The van der Waals surface area contributed by atoms with Crippen molar-refractivity contribution in [2.45, 2.75) is 42.9 Å². The fourth-order valence-electron chi connectivity index (χ4n) is 4.17. The first-order valence-corrected chi connectivity index (χ1v) is 12.3. The predicted molar refractivity (Wildman–Crippen MR) is 124 cm³/mol. The molecule has 9 heteroatoms. The number of nitriles is 1. The van der Waals surface area contributed by atoms with Gasteiger partial charge in [-0.15, -0.1) is 0 Å². The van der Waals surface area contributed by atoms with Crippen molar-refractivity contribution in [1.82, 2.24) is 16.0 Å². The van der Waals surface area contributed by atoms with Gasteiger partial charge in [0, 0.05) is 25.2 Å². The number of nitrogens with one attached hydrogen (secondary N) is 3. The minimum absolute atomic E-state index is 0.0146. The molecule has 1 heterocycles. The summed E-state index contributed by atoms with van der Waals surface area (Å²) in [6.07, 6.45) is 1.09. The van der Waals surface area contributed by atoms with Crippen LogP contribution in [0.15, 0.2) is 54.4 Å². The Balaban J connectivity index is 1.87. The van der Waals surface area contributed by atoms with Gasteiger partial charge in [0.2, 0.25) is 0 Å². The molecule has 176 valence electrons. The van der Waals surface area contributed by atoms with Crippen LogP contribution in [-0.2, 0) is 16.3 Å². The van der Waals surface area contributed by atoms with Crippen molar-refractivity contribution in [2.75, 3.05) is 13.6 Å². The summed E-state index contributed by atoms with van der Waals surface area (Å²) in [7, 11) is -2.05. The van der Waals surface area contributed by atoms with E-state index < -0.39 is 44.1 Å². The van der Waals surface area contributed by atoms with Crippen LogP contribution in [0.4, 0.5) is 8.78 Å². The monoisotopic (exact) mass is 474 g/mol. The average Bonchev–Trinajstić information content (AvgIpc) is 2.78. The number of benzene rings is 2. The van der Waals surface area contributed by atoms with Gasteiger partial charge in [0.1, 0.15) is 17.5 Å². The zero-order valence-corrected chi connectivity index (χ0v) is 19.6. The van der Waals surface area contributed by atoms with Crippen LogP contribution in [0.25, 0.3) is 0 Å². The maximum absolute atomic E-state index is 15.0. The summed E-state index contributed by atoms with van der Waals surface area (Å²) in [6, 6.07) is 11.9. The number of nitrogens with zero attached hydrogens (tertiary/aromatic N) is 1. The number of rotatable bonds is 7. The molecule has 2 aromatic carbocycles. The van der Waals surface area contributed by atoms with Crippen LogP contribution in [-0.4, -0.2) is 33.3 Å². The fourth-order valence-corrected chi connectivity index (χ4v) is 6.54. The van der Waals surface area contributed by atoms with E-state index in [2.05, 4.69) is 16.0 Å². The van der Waals surface area contributed by atoms with Crippen molar-refractivity contribution in [2.24, 2.45) is 0 Å². The van der Waals surface area contributed by atoms with Crippen LogP contribution in [0.2, 0.25) is 0 Å². The molecule has 0 aromatic heterocycles. The molecule has 3 N–H and O–H groups in total. The Kier molecular flexibility index (Phi) is 7.72.